The summed E-state index contributed by atoms with van der Waals surface area (Å²) in [6.07, 6.45) is 2.42. The third-order valence-corrected chi connectivity index (χ3v) is 5.93. The summed E-state index contributed by atoms with van der Waals surface area (Å²) in [4.78, 5) is 0.411. The maximum absolute atomic E-state index is 12.7. The first-order chi connectivity index (χ1) is 9.99. The number of fused-ring (bicyclic) bond motifs is 1. The van der Waals surface area contributed by atoms with Crippen LogP contribution in [-0.4, -0.2) is 33.7 Å². The van der Waals surface area contributed by atoms with E-state index >= 15 is 0 Å². The van der Waals surface area contributed by atoms with Gasteiger partial charge in [-0.3, -0.25) is 0 Å². The van der Waals surface area contributed by atoms with E-state index in [1.165, 1.54) is 0 Å². The Morgan fingerprint density at radius 2 is 2.19 bits per heavy atom. The van der Waals surface area contributed by atoms with Crippen LogP contribution in [0.15, 0.2) is 17.0 Å². The van der Waals surface area contributed by atoms with E-state index in [2.05, 4.69) is 10.0 Å². The van der Waals surface area contributed by atoms with Gasteiger partial charge in [-0.2, -0.15) is 0 Å². The molecule has 2 heterocycles. The van der Waals surface area contributed by atoms with Gasteiger partial charge in [0.2, 0.25) is 10.0 Å². The van der Waals surface area contributed by atoms with E-state index in [9.17, 15) is 8.42 Å². The second-order valence-corrected chi connectivity index (χ2v) is 7.54. The van der Waals surface area contributed by atoms with Crippen LogP contribution in [0.1, 0.15) is 30.9 Å². The molecular weight excluding hydrogens is 288 g/mol. The first-order valence-corrected chi connectivity index (χ1v) is 8.97. The van der Waals surface area contributed by atoms with Crippen molar-refractivity contribution in [3.05, 3.63) is 23.3 Å². The SMILES string of the molecule is Cc1ccc(S(=O)(=O)NC2CCOC2C)c2c1NCCC2. The number of benzene rings is 1. The molecule has 116 valence electrons. The van der Waals surface area contributed by atoms with Crippen LogP contribution in [0.2, 0.25) is 0 Å². The maximum atomic E-state index is 12.7. The van der Waals surface area contributed by atoms with Gasteiger partial charge in [-0.1, -0.05) is 6.07 Å². The molecule has 1 aromatic rings. The summed E-state index contributed by atoms with van der Waals surface area (Å²) in [6.45, 7) is 5.43. The van der Waals surface area contributed by atoms with Gasteiger partial charge < -0.3 is 10.1 Å². The number of rotatable bonds is 3. The first kappa shape index (κ1) is 14.8. The maximum Gasteiger partial charge on any atom is 0.241 e. The van der Waals surface area contributed by atoms with Gasteiger partial charge in [0.05, 0.1) is 17.0 Å². The molecule has 0 aromatic heterocycles. The lowest BCUT2D eigenvalue weighted by molar-refractivity contribution is 0.117. The molecular formula is C15H22N2O3S. The zero-order chi connectivity index (χ0) is 15.0. The normalized spacial score (nSPS) is 25.4. The highest BCUT2D eigenvalue weighted by Crippen LogP contribution is 2.32. The topological polar surface area (TPSA) is 67.4 Å². The molecule has 2 aliphatic rings. The standard InChI is InChI=1S/C15H22N2O3S/c1-10-5-6-14(12-4-3-8-16-15(10)12)21(18,19)17-13-7-9-20-11(13)2/h5-6,11,13,16-17H,3-4,7-9H2,1-2H3. The second kappa shape index (κ2) is 5.59. The third kappa shape index (κ3) is 2.80. The van der Waals surface area contributed by atoms with E-state index in [1.807, 2.05) is 19.9 Å². The molecule has 0 spiro atoms. The molecule has 3 rings (SSSR count). The third-order valence-electron chi connectivity index (χ3n) is 4.36. The molecule has 1 saturated heterocycles. The van der Waals surface area contributed by atoms with E-state index in [0.717, 1.165) is 42.6 Å². The van der Waals surface area contributed by atoms with Crippen LogP contribution in [0.25, 0.3) is 0 Å². The molecule has 0 radical (unpaired) electrons. The fourth-order valence-corrected chi connectivity index (χ4v) is 4.73. The Bertz CT molecular complexity index is 643. The molecule has 21 heavy (non-hydrogen) atoms. The van der Waals surface area contributed by atoms with Gasteiger partial charge in [-0.15, -0.1) is 0 Å². The molecule has 2 atom stereocenters. The number of aryl methyl sites for hydroxylation is 1. The highest BCUT2D eigenvalue weighted by Gasteiger charge is 2.31. The molecule has 1 aromatic carbocycles. The average molecular weight is 310 g/mol. The molecule has 5 nitrogen and oxygen atoms in total. The van der Waals surface area contributed by atoms with Gasteiger partial charge in [-0.25, -0.2) is 13.1 Å². The highest BCUT2D eigenvalue weighted by atomic mass is 32.2. The minimum Gasteiger partial charge on any atom is -0.385 e. The molecule has 2 aliphatic heterocycles. The monoisotopic (exact) mass is 310 g/mol. The summed E-state index contributed by atoms with van der Waals surface area (Å²) in [6, 6.07) is 3.47. The van der Waals surface area contributed by atoms with Gasteiger partial charge in [-0.05, 0) is 50.3 Å². The van der Waals surface area contributed by atoms with Crippen molar-refractivity contribution in [2.24, 2.45) is 0 Å². The minimum absolute atomic E-state index is 0.0702. The number of nitrogens with one attached hydrogen (secondary N) is 2. The van der Waals surface area contributed by atoms with Gasteiger partial charge in [0.15, 0.2) is 0 Å². The predicted octanol–water partition coefficient (Wildman–Crippen LogP) is 1.81. The number of anilines is 1. The Morgan fingerprint density at radius 3 is 2.90 bits per heavy atom. The Labute approximate surface area is 126 Å². The van der Waals surface area contributed by atoms with E-state index < -0.39 is 10.0 Å². The molecule has 0 bridgehead atoms. The van der Waals surface area contributed by atoms with Gasteiger partial charge >= 0.3 is 0 Å². The Kier molecular flexibility index (Phi) is 3.94. The molecule has 0 aliphatic carbocycles. The molecule has 2 unspecified atom stereocenters. The average Bonchev–Trinajstić information content (AvgIpc) is 2.84. The lowest BCUT2D eigenvalue weighted by Crippen LogP contribution is -2.39. The van der Waals surface area contributed by atoms with Crippen LogP contribution >= 0.6 is 0 Å². The van der Waals surface area contributed by atoms with E-state index in [1.54, 1.807) is 6.07 Å². The number of hydrogen-bond acceptors (Lipinski definition) is 4. The summed E-state index contributed by atoms with van der Waals surface area (Å²) >= 11 is 0. The molecule has 0 amide bonds. The number of hydrogen-bond donors (Lipinski definition) is 2. The van der Waals surface area contributed by atoms with Gasteiger partial charge in [0, 0.05) is 18.8 Å². The molecule has 0 saturated carbocycles. The van der Waals surface area contributed by atoms with Crippen LogP contribution in [0.5, 0.6) is 0 Å². The van der Waals surface area contributed by atoms with Crippen molar-refractivity contribution in [3.63, 3.8) is 0 Å². The summed E-state index contributed by atoms with van der Waals surface area (Å²) < 4.78 is 33.7. The largest absolute Gasteiger partial charge is 0.385 e. The van der Waals surface area contributed by atoms with Crippen molar-refractivity contribution in [2.45, 2.75) is 50.2 Å². The summed E-state index contributed by atoms with van der Waals surface area (Å²) in [5.41, 5.74) is 3.00. The summed E-state index contributed by atoms with van der Waals surface area (Å²) in [5, 5.41) is 3.33. The van der Waals surface area contributed by atoms with Crippen LogP contribution in [-0.2, 0) is 21.2 Å². The number of sulfonamides is 1. The van der Waals surface area contributed by atoms with Crippen molar-refractivity contribution in [1.29, 1.82) is 0 Å². The van der Waals surface area contributed by atoms with Crippen molar-refractivity contribution in [1.82, 2.24) is 4.72 Å². The quantitative estimate of drug-likeness (QED) is 0.893. The first-order valence-electron chi connectivity index (χ1n) is 7.49. The van der Waals surface area contributed by atoms with Crippen molar-refractivity contribution >= 4 is 15.7 Å². The molecule has 2 N–H and O–H groups in total. The lowest BCUT2D eigenvalue weighted by atomic mass is 10.00. The molecule has 1 fully saturated rings. The predicted molar refractivity (Wildman–Crippen MR) is 82.1 cm³/mol. The van der Waals surface area contributed by atoms with E-state index in [0.29, 0.717) is 11.5 Å². The van der Waals surface area contributed by atoms with Crippen molar-refractivity contribution in [2.75, 3.05) is 18.5 Å². The second-order valence-electron chi connectivity index (χ2n) is 5.86. The summed E-state index contributed by atoms with van der Waals surface area (Å²) in [5.74, 6) is 0. The minimum atomic E-state index is -3.50. The van der Waals surface area contributed by atoms with Crippen LogP contribution in [0.3, 0.4) is 0 Å². The van der Waals surface area contributed by atoms with E-state index in [-0.39, 0.29) is 12.1 Å². The fourth-order valence-electron chi connectivity index (χ4n) is 3.12. The van der Waals surface area contributed by atoms with Crippen LogP contribution in [0, 0.1) is 6.92 Å². The highest BCUT2D eigenvalue weighted by molar-refractivity contribution is 7.89. The van der Waals surface area contributed by atoms with Gasteiger partial charge in [0.1, 0.15) is 0 Å². The Morgan fingerprint density at radius 1 is 1.38 bits per heavy atom. The van der Waals surface area contributed by atoms with Crippen molar-refractivity contribution in [3.8, 4) is 0 Å². The van der Waals surface area contributed by atoms with Crippen LogP contribution < -0.4 is 10.0 Å². The van der Waals surface area contributed by atoms with Crippen LogP contribution in [0.4, 0.5) is 5.69 Å². The fraction of sp³-hybridized carbons (Fsp3) is 0.600. The zero-order valence-corrected chi connectivity index (χ0v) is 13.3. The van der Waals surface area contributed by atoms with Crippen molar-refractivity contribution < 1.29 is 13.2 Å². The smallest absolute Gasteiger partial charge is 0.241 e. The zero-order valence-electron chi connectivity index (χ0n) is 12.5. The van der Waals surface area contributed by atoms with E-state index in [4.69, 9.17) is 4.74 Å². The van der Waals surface area contributed by atoms with Gasteiger partial charge in [0.25, 0.3) is 0 Å². The summed E-state index contributed by atoms with van der Waals surface area (Å²) in [7, 11) is -3.50. The number of ether oxygens (including phenoxy) is 1. The molecule has 6 heteroatoms. The Balaban J connectivity index is 1.95. The lowest BCUT2D eigenvalue weighted by Gasteiger charge is -2.24. The Hall–Kier alpha value is -1.11.